The van der Waals surface area contributed by atoms with Gasteiger partial charge in [0.05, 0.1) is 12.3 Å². The van der Waals surface area contributed by atoms with E-state index in [1.54, 1.807) is 5.38 Å². The number of hydrogen-bond acceptors (Lipinski definition) is 5. The molecule has 0 aliphatic carbocycles. The molecule has 0 amide bonds. The fourth-order valence-electron chi connectivity index (χ4n) is 0.842. The summed E-state index contributed by atoms with van der Waals surface area (Å²) in [6.07, 6.45) is -4.71. The zero-order valence-corrected chi connectivity index (χ0v) is 8.73. The molecule has 0 aliphatic heterocycles. The number of carbonyl (C=O) groups excluding carboxylic acids is 1. The molecule has 0 unspecified atom stereocenters. The monoisotopic (exact) mass is 255 g/mol. The number of esters is 1. The van der Waals surface area contributed by atoms with Gasteiger partial charge in [-0.25, -0.2) is 4.79 Å². The van der Waals surface area contributed by atoms with E-state index in [1.165, 1.54) is 6.07 Å². The minimum Gasteiger partial charge on any atom is -0.459 e. The Morgan fingerprint density at radius 2 is 2.12 bits per heavy atom. The number of nitrogens with two attached hydrogens (primary N) is 1. The molecule has 0 saturated heterocycles. The largest absolute Gasteiger partial charge is 0.522 e. The summed E-state index contributed by atoms with van der Waals surface area (Å²) in [4.78, 5) is 11.4. The Bertz CT molecular complexity index is 364. The van der Waals surface area contributed by atoms with Crippen LogP contribution in [0.15, 0.2) is 11.4 Å². The van der Waals surface area contributed by atoms with Crippen molar-refractivity contribution < 1.29 is 27.4 Å². The van der Waals surface area contributed by atoms with Crippen LogP contribution in [0.1, 0.15) is 9.67 Å². The number of nitrogen functional groups attached to an aromatic ring is 1. The van der Waals surface area contributed by atoms with Crippen molar-refractivity contribution in [3.05, 3.63) is 16.3 Å². The first kappa shape index (κ1) is 12.8. The minimum atomic E-state index is -4.71. The number of alkyl halides is 3. The van der Waals surface area contributed by atoms with Crippen molar-refractivity contribution in [2.45, 2.75) is 6.36 Å². The predicted octanol–water partition coefficient (Wildman–Crippen LogP) is 2.02. The highest BCUT2D eigenvalue weighted by atomic mass is 32.1. The van der Waals surface area contributed by atoms with Gasteiger partial charge in [-0.3, -0.25) is 4.74 Å². The molecule has 16 heavy (non-hydrogen) atoms. The second-order valence-corrected chi connectivity index (χ2v) is 3.55. The molecule has 0 atom stereocenters. The number of halogens is 3. The predicted molar refractivity (Wildman–Crippen MR) is 51.0 cm³/mol. The molecule has 2 N–H and O–H groups in total. The van der Waals surface area contributed by atoms with E-state index in [2.05, 4.69) is 9.47 Å². The molecule has 0 bridgehead atoms. The molecule has 90 valence electrons. The molecule has 1 aromatic rings. The Morgan fingerprint density at radius 3 is 2.62 bits per heavy atom. The first-order valence-electron chi connectivity index (χ1n) is 4.11. The quantitative estimate of drug-likeness (QED) is 0.660. The van der Waals surface area contributed by atoms with Gasteiger partial charge in [0, 0.05) is 0 Å². The highest BCUT2D eigenvalue weighted by Gasteiger charge is 2.28. The molecule has 0 fully saturated rings. The van der Waals surface area contributed by atoms with Gasteiger partial charge in [0.1, 0.15) is 11.5 Å². The highest BCUT2D eigenvalue weighted by Crippen LogP contribution is 2.20. The molecule has 0 spiro atoms. The number of hydrogen-bond donors (Lipinski definition) is 1. The summed E-state index contributed by atoms with van der Waals surface area (Å²) in [7, 11) is 0. The Labute approximate surface area is 92.8 Å². The summed E-state index contributed by atoms with van der Waals surface area (Å²) >= 11 is 1.06. The minimum absolute atomic E-state index is 0.173. The zero-order valence-electron chi connectivity index (χ0n) is 7.91. The third-order valence-corrected chi connectivity index (χ3v) is 2.37. The Balaban J connectivity index is 2.29. The lowest BCUT2D eigenvalue weighted by molar-refractivity contribution is -0.326. The van der Waals surface area contributed by atoms with Crippen LogP contribution in [0, 0.1) is 0 Å². The summed E-state index contributed by atoms with van der Waals surface area (Å²) in [6.45, 7) is -1.21. The lowest BCUT2D eigenvalue weighted by Gasteiger charge is -2.07. The normalized spacial score (nSPS) is 11.4. The van der Waals surface area contributed by atoms with Gasteiger partial charge in [-0.1, -0.05) is 0 Å². The van der Waals surface area contributed by atoms with E-state index >= 15 is 0 Å². The van der Waals surface area contributed by atoms with Crippen LogP contribution in [0.3, 0.4) is 0 Å². The third kappa shape index (κ3) is 4.07. The molecular formula is C8H8F3NO3S. The first-order chi connectivity index (χ1) is 7.40. The van der Waals surface area contributed by atoms with Crippen LogP contribution in [-0.4, -0.2) is 25.5 Å². The van der Waals surface area contributed by atoms with Gasteiger partial charge >= 0.3 is 12.3 Å². The summed E-state index contributed by atoms with van der Waals surface area (Å²) in [5, 5.41) is 1.58. The molecule has 0 aromatic carbocycles. The molecule has 0 saturated carbocycles. The van der Waals surface area contributed by atoms with Crippen LogP contribution >= 0.6 is 11.3 Å². The highest BCUT2D eigenvalue weighted by molar-refractivity contribution is 7.12. The maximum absolute atomic E-state index is 11.5. The van der Waals surface area contributed by atoms with Gasteiger partial charge in [-0.05, 0) is 11.4 Å². The molecule has 1 aromatic heterocycles. The summed E-state index contributed by atoms with van der Waals surface area (Å²) in [5.41, 5.74) is 5.66. The second kappa shape index (κ2) is 5.17. The lowest BCUT2D eigenvalue weighted by atomic mass is 10.4. The average Bonchev–Trinajstić information content (AvgIpc) is 2.57. The molecule has 1 rings (SSSR count). The van der Waals surface area contributed by atoms with Gasteiger partial charge in [-0.15, -0.1) is 24.5 Å². The standard InChI is InChI=1S/C8H8F3NO3S/c9-8(10,11)15-3-2-14-7(13)6-5(12)1-4-16-6/h1,4H,2-3,12H2. The van der Waals surface area contributed by atoms with E-state index in [-0.39, 0.29) is 10.6 Å². The van der Waals surface area contributed by atoms with Crippen molar-refractivity contribution in [2.75, 3.05) is 18.9 Å². The lowest BCUT2D eigenvalue weighted by Crippen LogP contribution is -2.18. The van der Waals surface area contributed by atoms with E-state index in [1.807, 2.05) is 0 Å². The Kier molecular flexibility index (Phi) is 4.13. The van der Waals surface area contributed by atoms with E-state index in [0.29, 0.717) is 0 Å². The fourth-order valence-corrected chi connectivity index (χ4v) is 1.55. The molecular weight excluding hydrogens is 247 g/mol. The van der Waals surface area contributed by atoms with Crippen LogP contribution < -0.4 is 5.73 Å². The second-order valence-electron chi connectivity index (χ2n) is 2.64. The van der Waals surface area contributed by atoms with Gasteiger partial charge in [0.25, 0.3) is 0 Å². The molecule has 0 radical (unpaired) electrons. The smallest absolute Gasteiger partial charge is 0.459 e. The van der Waals surface area contributed by atoms with E-state index < -0.39 is 25.5 Å². The number of rotatable bonds is 4. The van der Waals surface area contributed by atoms with Gasteiger partial charge in [0.2, 0.25) is 0 Å². The maximum Gasteiger partial charge on any atom is 0.522 e. The van der Waals surface area contributed by atoms with Crippen molar-refractivity contribution in [2.24, 2.45) is 0 Å². The van der Waals surface area contributed by atoms with Crippen molar-refractivity contribution in [1.82, 2.24) is 0 Å². The molecule has 4 nitrogen and oxygen atoms in total. The Morgan fingerprint density at radius 1 is 1.44 bits per heavy atom. The first-order valence-corrected chi connectivity index (χ1v) is 4.99. The van der Waals surface area contributed by atoms with Gasteiger partial charge < -0.3 is 10.5 Å². The molecule has 0 aliphatic rings. The third-order valence-electron chi connectivity index (χ3n) is 1.46. The topological polar surface area (TPSA) is 61.6 Å². The summed E-state index contributed by atoms with van der Waals surface area (Å²) in [6, 6.07) is 1.51. The van der Waals surface area contributed by atoms with Crippen molar-refractivity contribution >= 4 is 23.0 Å². The van der Waals surface area contributed by atoms with Gasteiger partial charge in [-0.2, -0.15) is 0 Å². The van der Waals surface area contributed by atoms with E-state index in [0.717, 1.165) is 11.3 Å². The SMILES string of the molecule is Nc1ccsc1C(=O)OCCOC(F)(F)F. The maximum atomic E-state index is 11.5. The van der Waals surface area contributed by atoms with Gasteiger partial charge in [0.15, 0.2) is 0 Å². The van der Waals surface area contributed by atoms with Crippen LogP contribution in [0.25, 0.3) is 0 Å². The zero-order chi connectivity index (χ0) is 12.2. The summed E-state index contributed by atoms with van der Waals surface area (Å²) in [5.74, 6) is -0.752. The summed E-state index contributed by atoms with van der Waals surface area (Å²) < 4.78 is 42.6. The van der Waals surface area contributed by atoms with Crippen LogP contribution in [-0.2, 0) is 9.47 Å². The van der Waals surface area contributed by atoms with E-state index in [4.69, 9.17) is 5.73 Å². The fraction of sp³-hybridized carbons (Fsp3) is 0.375. The number of thiophene rings is 1. The van der Waals surface area contributed by atoms with Crippen LogP contribution in [0.2, 0.25) is 0 Å². The number of carbonyl (C=O) groups is 1. The Hall–Kier alpha value is -1.28. The number of anilines is 1. The average molecular weight is 255 g/mol. The molecule has 8 heteroatoms. The van der Waals surface area contributed by atoms with Crippen molar-refractivity contribution in [1.29, 1.82) is 0 Å². The van der Waals surface area contributed by atoms with Crippen molar-refractivity contribution in [3.8, 4) is 0 Å². The molecule has 1 heterocycles. The van der Waals surface area contributed by atoms with E-state index in [9.17, 15) is 18.0 Å². The van der Waals surface area contributed by atoms with Crippen LogP contribution in [0.5, 0.6) is 0 Å². The van der Waals surface area contributed by atoms with Crippen molar-refractivity contribution in [3.63, 3.8) is 0 Å². The van der Waals surface area contributed by atoms with Crippen LogP contribution in [0.4, 0.5) is 18.9 Å². The number of ether oxygens (including phenoxy) is 2.